The molecule has 0 saturated heterocycles. The molecule has 0 fully saturated rings. The second-order valence-electron chi connectivity index (χ2n) is 6.78. The molecule has 6 nitrogen and oxygen atoms in total. The molecule has 7 heteroatoms. The van der Waals surface area contributed by atoms with Gasteiger partial charge in [0, 0.05) is 22.4 Å². The van der Waals surface area contributed by atoms with Crippen LogP contribution in [0.25, 0.3) is 32.8 Å². The van der Waals surface area contributed by atoms with Gasteiger partial charge in [-0.1, -0.05) is 0 Å². The Labute approximate surface area is 176 Å². The summed E-state index contributed by atoms with van der Waals surface area (Å²) in [6, 6.07) is 14.5. The van der Waals surface area contributed by atoms with Crippen LogP contribution in [0.15, 0.2) is 63.1 Å². The van der Waals surface area contributed by atoms with Crippen LogP contribution in [0.2, 0.25) is 0 Å². The van der Waals surface area contributed by atoms with Gasteiger partial charge in [0.05, 0.1) is 18.4 Å². The van der Waals surface area contributed by atoms with Crippen molar-refractivity contribution in [2.45, 2.75) is 20.0 Å². The molecule has 0 N–H and O–H groups in total. The highest BCUT2D eigenvalue weighted by atomic mass is 32.1. The second kappa shape index (κ2) is 8.12. The standard InChI is InChI=1S/C23H19NO5S/c1-13(25)14(2)28-18-9-6-16-10-19(23(26)29-21(16)11-18)20-12-30-22(24-20)15-4-7-17(27-3)8-5-15/h4-12,14H,1-3H3. The molecule has 4 aromatic rings. The van der Waals surface area contributed by atoms with Crippen molar-refractivity contribution in [3.05, 3.63) is 64.3 Å². The van der Waals surface area contributed by atoms with Gasteiger partial charge in [-0.3, -0.25) is 4.79 Å². The number of ether oxygens (including phenoxy) is 2. The predicted molar refractivity (Wildman–Crippen MR) is 116 cm³/mol. The number of thiazole rings is 1. The maximum atomic E-state index is 12.6. The van der Waals surface area contributed by atoms with E-state index in [9.17, 15) is 9.59 Å². The minimum absolute atomic E-state index is 0.0805. The number of carbonyl (C=O) groups is 1. The number of aromatic nitrogens is 1. The third-order valence-electron chi connectivity index (χ3n) is 4.71. The molecule has 0 radical (unpaired) electrons. The summed E-state index contributed by atoms with van der Waals surface area (Å²) >= 11 is 1.45. The first kappa shape index (κ1) is 19.8. The lowest BCUT2D eigenvalue weighted by atomic mass is 10.1. The number of rotatable bonds is 6. The molecule has 0 bridgehead atoms. The van der Waals surface area contributed by atoms with Gasteiger partial charge < -0.3 is 13.9 Å². The van der Waals surface area contributed by atoms with Gasteiger partial charge in [-0.2, -0.15) is 0 Å². The summed E-state index contributed by atoms with van der Waals surface area (Å²) in [7, 11) is 1.62. The molecule has 0 saturated carbocycles. The molecule has 152 valence electrons. The second-order valence-corrected chi connectivity index (χ2v) is 7.64. The minimum atomic E-state index is -0.570. The van der Waals surface area contributed by atoms with E-state index in [0.717, 1.165) is 21.7 Å². The molecule has 1 atom stereocenters. The predicted octanol–water partition coefficient (Wildman–Crippen LogP) is 4.95. The Hall–Kier alpha value is -3.45. The molecule has 0 aliphatic rings. The summed E-state index contributed by atoms with van der Waals surface area (Å²) in [5.41, 5.74) is 1.81. The first-order valence-electron chi connectivity index (χ1n) is 9.30. The molecular formula is C23H19NO5S. The van der Waals surface area contributed by atoms with Crippen molar-refractivity contribution in [2.75, 3.05) is 7.11 Å². The SMILES string of the molecule is COc1ccc(-c2nc(-c3cc4ccc(OC(C)C(C)=O)cc4oc3=O)cs2)cc1. The van der Waals surface area contributed by atoms with E-state index in [-0.39, 0.29) is 5.78 Å². The first-order chi connectivity index (χ1) is 14.4. The van der Waals surface area contributed by atoms with Crippen molar-refractivity contribution in [1.29, 1.82) is 0 Å². The van der Waals surface area contributed by atoms with Crippen LogP contribution in [0, 0.1) is 0 Å². The van der Waals surface area contributed by atoms with Crippen LogP contribution >= 0.6 is 11.3 Å². The van der Waals surface area contributed by atoms with E-state index in [1.165, 1.54) is 18.3 Å². The molecule has 30 heavy (non-hydrogen) atoms. The Morgan fingerprint density at radius 1 is 1.10 bits per heavy atom. The quantitative estimate of drug-likeness (QED) is 0.410. The lowest BCUT2D eigenvalue weighted by Crippen LogP contribution is -2.20. The Kier molecular flexibility index (Phi) is 5.37. The Bertz CT molecular complexity index is 1270. The number of Topliss-reactive ketones (excluding diaryl/α,β-unsaturated/α-hetero) is 1. The van der Waals surface area contributed by atoms with Crippen molar-refractivity contribution in [3.63, 3.8) is 0 Å². The highest BCUT2D eigenvalue weighted by Crippen LogP contribution is 2.30. The summed E-state index contributed by atoms with van der Waals surface area (Å²) < 4.78 is 16.3. The zero-order valence-corrected chi connectivity index (χ0v) is 17.5. The summed E-state index contributed by atoms with van der Waals surface area (Å²) in [6.07, 6.45) is -0.570. The van der Waals surface area contributed by atoms with Crippen LogP contribution in [0.5, 0.6) is 11.5 Å². The van der Waals surface area contributed by atoms with Gasteiger partial charge in [0.1, 0.15) is 22.1 Å². The van der Waals surface area contributed by atoms with Gasteiger partial charge in [-0.15, -0.1) is 11.3 Å². The van der Waals surface area contributed by atoms with Gasteiger partial charge in [-0.05, 0) is 56.3 Å². The van der Waals surface area contributed by atoms with Crippen molar-refractivity contribution in [2.24, 2.45) is 0 Å². The van der Waals surface area contributed by atoms with Crippen LogP contribution in [-0.4, -0.2) is 24.0 Å². The number of benzene rings is 2. The molecule has 0 aliphatic carbocycles. The minimum Gasteiger partial charge on any atom is -0.497 e. The lowest BCUT2D eigenvalue weighted by Gasteiger charge is -2.11. The number of methoxy groups -OCH3 is 1. The van der Waals surface area contributed by atoms with Crippen LogP contribution in [-0.2, 0) is 4.79 Å². The van der Waals surface area contributed by atoms with Gasteiger partial charge in [0.2, 0.25) is 0 Å². The van der Waals surface area contributed by atoms with E-state index in [1.807, 2.05) is 29.6 Å². The molecule has 1 unspecified atom stereocenters. The van der Waals surface area contributed by atoms with Crippen LogP contribution in [0.3, 0.4) is 0 Å². The number of fused-ring (bicyclic) bond motifs is 1. The van der Waals surface area contributed by atoms with E-state index in [4.69, 9.17) is 13.9 Å². The molecule has 0 amide bonds. The smallest absolute Gasteiger partial charge is 0.345 e. The molecule has 0 spiro atoms. The third kappa shape index (κ3) is 3.97. The van der Waals surface area contributed by atoms with Crippen LogP contribution in [0.4, 0.5) is 0 Å². The van der Waals surface area contributed by atoms with E-state index < -0.39 is 11.7 Å². The Balaban J connectivity index is 1.66. The fourth-order valence-corrected chi connectivity index (χ4v) is 3.72. The van der Waals surface area contributed by atoms with Crippen LogP contribution < -0.4 is 15.1 Å². The highest BCUT2D eigenvalue weighted by molar-refractivity contribution is 7.13. The van der Waals surface area contributed by atoms with Gasteiger partial charge in [-0.25, -0.2) is 9.78 Å². The molecule has 2 aromatic heterocycles. The maximum absolute atomic E-state index is 12.6. The average Bonchev–Trinajstić information content (AvgIpc) is 3.23. The monoisotopic (exact) mass is 421 g/mol. The summed E-state index contributed by atoms with van der Waals surface area (Å²) in [4.78, 5) is 28.6. The Morgan fingerprint density at radius 2 is 1.83 bits per heavy atom. The maximum Gasteiger partial charge on any atom is 0.345 e. The van der Waals surface area contributed by atoms with E-state index in [0.29, 0.717) is 22.6 Å². The van der Waals surface area contributed by atoms with E-state index >= 15 is 0 Å². The first-order valence-corrected chi connectivity index (χ1v) is 10.2. The van der Waals surface area contributed by atoms with Crippen molar-refractivity contribution in [3.8, 4) is 33.3 Å². The van der Waals surface area contributed by atoms with Gasteiger partial charge in [0.15, 0.2) is 11.9 Å². The largest absolute Gasteiger partial charge is 0.497 e. The number of nitrogens with zero attached hydrogens (tertiary/aromatic N) is 1. The number of ketones is 1. The number of hydrogen-bond donors (Lipinski definition) is 0. The van der Waals surface area contributed by atoms with E-state index in [2.05, 4.69) is 4.98 Å². The topological polar surface area (TPSA) is 78.6 Å². The third-order valence-corrected chi connectivity index (χ3v) is 5.60. The fraction of sp³-hybridized carbons (Fsp3) is 0.174. The zero-order chi connectivity index (χ0) is 21.3. The van der Waals surface area contributed by atoms with Gasteiger partial charge >= 0.3 is 5.63 Å². The average molecular weight is 421 g/mol. The summed E-state index contributed by atoms with van der Waals surface area (Å²) in [5, 5.41) is 3.38. The molecule has 4 rings (SSSR count). The van der Waals surface area contributed by atoms with E-state index in [1.54, 1.807) is 38.3 Å². The normalized spacial score (nSPS) is 12.0. The molecule has 2 aromatic carbocycles. The zero-order valence-electron chi connectivity index (χ0n) is 16.7. The van der Waals surface area contributed by atoms with Crippen molar-refractivity contribution < 1.29 is 18.7 Å². The fourth-order valence-electron chi connectivity index (χ4n) is 2.89. The highest BCUT2D eigenvalue weighted by Gasteiger charge is 2.14. The Morgan fingerprint density at radius 3 is 2.53 bits per heavy atom. The van der Waals surface area contributed by atoms with Crippen molar-refractivity contribution >= 4 is 28.1 Å². The summed E-state index contributed by atoms with van der Waals surface area (Å²) in [6.45, 7) is 3.14. The number of hydrogen-bond acceptors (Lipinski definition) is 7. The molecule has 2 heterocycles. The number of carbonyl (C=O) groups excluding carboxylic acids is 1. The van der Waals surface area contributed by atoms with Crippen molar-refractivity contribution in [1.82, 2.24) is 4.98 Å². The molecular weight excluding hydrogens is 402 g/mol. The van der Waals surface area contributed by atoms with Gasteiger partial charge in [0.25, 0.3) is 0 Å². The lowest BCUT2D eigenvalue weighted by molar-refractivity contribution is -0.122. The van der Waals surface area contributed by atoms with Crippen LogP contribution in [0.1, 0.15) is 13.8 Å². The summed E-state index contributed by atoms with van der Waals surface area (Å²) in [5.74, 6) is 1.16. The molecule has 0 aliphatic heterocycles.